The van der Waals surface area contributed by atoms with Crippen LogP contribution in [0.4, 0.5) is 0 Å². The normalized spacial score (nSPS) is 19.7. The lowest BCUT2D eigenvalue weighted by molar-refractivity contribution is 0.171. The van der Waals surface area contributed by atoms with Crippen molar-refractivity contribution >= 4 is 11.6 Å². The molecule has 0 amide bonds. The van der Waals surface area contributed by atoms with Gasteiger partial charge in [0.1, 0.15) is 13.2 Å². The Kier molecular flexibility index (Phi) is 3.35. The number of rotatable bonds is 4. The smallest absolute Gasteiger partial charge is 0.162 e. The summed E-state index contributed by atoms with van der Waals surface area (Å²) in [5, 5.41) is 4.30. The second-order valence-corrected chi connectivity index (χ2v) is 5.30. The zero-order valence-electron chi connectivity index (χ0n) is 10.5. The Balaban J connectivity index is 1.94. The van der Waals surface area contributed by atoms with E-state index in [-0.39, 0.29) is 0 Å². The predicted octanol–water partition coefficient (Wildman–Crippen LogP) is 3.17. The maximum Gasteiger partial charge on any atom is 0.162 e. The van der Waals surface area contributed by atoms with Crippen LogP contribution in [0.3, 0.4) is 0 Å². The molecular weight excluding hydrogens is 250 g/mol. The Morgan fingerprint density at radius 3 is 2.56 bits per heavy atom. The van der Waals surface area contributed by atoms with Crippen molar-refractivity contribution in [3.8, 4) is 11.5 Å². The van der Waals surface area contributed by atoms with Crippen LogP contribution in [-0.2, 0) is 0 Å². The Morgan fingerprint density at radius 1 is 1.28 bits per heavy atom. The molecule has 0 saturated heterocycles. The van der Waals surface area contributed by atoms with Gasteiger partial charge in [-0.1, -0.05) is 18.5 Å². The molecule has 0 spiro atoms. The van der Waals surface area contributed by atoms with E-state index in [9.17, 15) is 0 Å². The quantitative estimate of drug-likeness (QED) is 0.909. The molecule has 1 N–H and O–H groups in total. The van der Waals surface area contributed by atoms with Gasteiger partial charge >= 0.3 is 0 Å². The van der Waals surface area contributed by atoms with E-state index in [1.54, 1.807) is 0 Å². The average Bonchev–Trinajstić information content (AvgIpc) is 3.20. The summed E-state index contributed by atoms with van der Waals surface area (Å²) in [4.78, 5) is 0. The van der Waals surface area contributed by atoms with Crippen LogP contribution in [0.2, 0.25) is 5.02 Å². The fraction of sp³-hybridized carbons (Fsp3) is 0.571. The SMILES string of the molecule is CCNC(c1cc2c(cc1Cl)OCCO2)C1CC1. The van der Waals surface area contributed by atoms with Crippen LogP contribution in [0.15, 0.2) is 12.1 Å². The number of benzene rings is 1. The summed E-state index contributed by atoms with van der Waals surface area (Å²) in [5.41, 5.74) is 1.14. The van der Waals surface area contributed by atoms with Crippen molar-refractivity contribution in [1.82, 2.24) is 5.32 Å². The van der Waals surface area contributed by atoms with Crippen LogP contribution in [0.1, 0.15) is 31.4 Å². The van der Waals surface area contributed by atoms with Crippen LogP contribution >= 0.6 is 11.6 Å². The maximum absolute atomic E-state index is 6.39. The summed E-state index contributed by atoms with van der Waals surface area (Å²) >= 11 is 6.39. The third-order valence-electron chi connectivity index (χ3n) is 3.51. The van der Waals surface area contributed by atoms with Crippen molar-refractivity contribution in [3.63, 3.8) is 0 Å². The molecule has 4 heteroatoms. The molecule has 1 fully saturated rings. The molecule has 0 bridgehead atoms. The molecule has 1 aliphatic carbocycles. The third kappa shape index (κ3) is 2.29. The van der Waals surface area contributed by atoms with Gasteiger partial charge in [-0.3, -0.25) is 0 Å². The Bertz CT molecular complexity index is 446. The summed E-state index contributed by atoms with van der Waals surface area (Å²) in [5.74, 6) is 2.30. The molecule has 0 radical (unpaired) electrons. The van der Waals surface area contributed by atoms with Crippen molar-refractivity contribution < 1.29 is 9.47 Å². The zero-order chi connectivity index (χ0) is 12.5. The molecule has 1 atom stereocenters. The largest absolute Gasteiger partial charge is 0.486 e. The van der Waals surface area contributed by atoms with Crippen LogP contribution in [0.5, 0.6) is 11.5 Å². The molecule has 18 heavy (non-hydrogen) atoms. The van der Waals surface area contributed by atoms with Crippen molar-refractivity contribution in [2.75, 3.05) is 19.8 Å². The summed E-state index contributed by atoms with van der Waals surface area (Å²) < 4.78 is 11.2. The van der Waals surface area contributed by atoms with E-state index in [0.29, 0.717) is 25.2 Å². The number of nitrogens with one attached hydrogen (secondary N) is 1. The minimum atomic E-state index is 0.346. The molecule has 1 heterocycles. The predicted molar refractivity (Wildman–Crippen MR) is 71.6 cm³/mol. The molecule has 1 aromatic carbocycles. The highest BCUT2D eigenvalue weighted by molar-refractivity contribution is 6.31. The van der Waals surface area contributed by atoms with Gasteiger partial charge < -0.3 is 14.8 Å². The van der Waals surface area contributed by atoms with Gasteiger partial charge in [-0.05, 0) is 36.9 Å². The Hall–Kier alpha value is -0.930. The highest BCUT2D eigenvalue weighted by atomic mass is 35.5. The molecule has 1 aliphatic heterocycles. The van der Waals surface area contributed by atoms with Gasteiger partial charge in [0.25, 0.3) is 0 Å². The van der Waals surface area contributed by atoms with Gasteiger partial charge in [-0.2, -0.15) is 0 Å². The van der Waals surface area contributed by atoms with Gasteiger partial charge in [0.05, 0.1) is 0 Å². The van der Waals surface area contributed by atoms with Gasteiger partial charge in [0.2, 0.25) is 0 Å². The first kappa shape index (κ1) is 12.1. The van der Waals surface area contributed by atoms with Crippen LogP contribution in [-0.4, -0.2) is 19.8 Å². The lowest BCUT2D eigenvalue weighted by Gasteiger charge is -2.24. The van der Waals surface area contributed by atoms with E-state index in [0.717, 1.165) is 28.6 Å². The fourth-order valence-electron chi connectivity index (χ4n) is 2.50. The lowest BCUT2D eigenvalue weighted by atomic mass is 10.0. The average molecular weight is 268 g/mol. The second kappa shape index (κ2) is 4.98. The standard InChI is InChI=1S/C14H18ClNO2/c1-2-16-14(9-3-4-9)10-7-12-13(8-11(10)15)18-6-5-17-12/h7-9,14,16H,2-6H2,1H3. The maximum atomic E-state index is 6.39. The van der Waals surface area contributed by atoms with E-state index in [1.807, 2.05) is 12.1 Å². The van der Waals surface area contributed by atoms with Crippen molar-refractivity contribution in [3.05, 3.63) is 22.7 Å². The number of ether oxygens (including phenoxy) is 2. The number of fused-ring (bicyclic) bond motifs is 1. The first-order valence-electron chi connectivity index (χ1n) is 6.62. The topological polar surface area (TPSA) is 30.5 Å². The minimum absolute atomic E-state index is 0.346. The van der Waals surface area contributed by atoms with Crippen LogP contribution in [0, 0.1) is 5.92 Å². The van der Waals surface area contributed by atoms with Crippen LogP contribution < -0.4 is 14.8 Å². The van der Waals surface area contributed by atoms with Crippen molar-refractivity contribution in [2.45, 2.75) is 25.8 Å². The number of hydrogen-bond acceptors (Lipinski definition) is 3. The Morgan fingerprint density at radius 2 is 1.94 bits per heavy atom. The second-order valence-electron chi connectivity index (χ2n) is 4.89. The molecule has 1 saturated carbocycles. The fourth-order valence-corrected chi connectivity index (χ4v) is 2.77. The number of hydrogen-bond donors (Lipinski definition) is 1. The summed E-state index contributed by atoms with van der Waals surface area (Å²) in [6.07, 6.45) is 2.56. The summed E-state index contributed by atoms with van der Waals surface area (Å²) in [6, 6.07) is 4.28. The summed E-state index contributed by atoms with van der Waals surface area (Å²) in [6.45, 7) is 4.29. The number of halogens is 1. The van der Waals surface area contributed by atoms with Gasteiger partial charge in [-0.25, -0.2) is 0 Å². The third-order valence-corrected chi connectivity index (χ3v) is 3.84. The molecule has 98 valence electrons. The minimum Gasteiger partial charge on any atom is -0.486 e. The molecule has 3 nitrogen and oxygen atoms in total. The molecule has 1 aromatic rings. The molecule has 1 unspecified atom stereocenters. The summed E-state index contributed by atoms with van der Waals surface area (Å²) in [7, 11) is 0. The molecule has 2 aliphatic rings. The molecule has 0 aromatic heterocycles. The van der Waals surface area contributed by atoms with E-state index in [2.05, 4.69) is 12.2 Å². The Labute approximate surface area is 112 Å². The first-order chi connectivity index (χ1) is 8.79. The van der Waals surface area contributed by atoms with Crippen molar-refractivity contribution in [2.24, 2.45) is 5.92 Å². The molecule has 3 rings (SSSR count). The van der Waals surface area contributed by atoms with Gasteiger partial charge in [0, 0.05) is 17.1 Å². The van der Waals surface area contributed by atoms with E-state index in [1.165, 1.54) is 12.8 Å². The van der Waals surface area contributed by atoms with Crippen LogP contribution in [0.25, 0.3) is 0 Å². The first-order valence-corrected chi connectivity index (χ1v) is 7.00. The zero-order valence-corrected chi connectivity index (χ0v) is 11.3. The van der Waals surface area contributed by atoms with Gasteiger partial charge in [0.15, 0.2) is 11.5 Å². The van der Waals surface area contributed by atoms with E-state index in [4.69, 9.17) is 21.1 Å². The monoisotopic (exact) mass is 267 g/mol. The van der Waals surface area contributed by atoms with E-state index >= 15 is 0 Å². The lowest BCUT2D eigenvalue weighted by Crippen LogP contribution is -2.23. The highest BCUT2D eigenvalue weighted by Gasteiger charge is 2.33. The molecular formula is C14H18ClNO2. The highest BCUT2D eigenvalue weighted by Crippen LogP contribution is 2.45. The van der Waals surface area contributed by atoms with Crippen molar-refractivity contribution in [1.29, 1.82) is 0 Å². The van der Waals surface area contributed by atoms with Gasteiger partial charge in [-0.15, -0.1) is 0 Å². The van der Waals surface area contributed by atoms with E-state index < -0.39 is 0 Å².